The summed E-state index contributed by atoms with van der Waals surface area (Å²) in [6, 6.07) is 0. The van der Waals surface area contributed by atoms with Gasteiger partial charge in [0.2, 0.25) is 5.91 Å². The number of nitrogens with one attached hydrogen (secondary N) is 1. The fourth-order valence-corrected chi connectivity index (χ4v) is 1.62. The third-order valence-electron chi connectivity index (χ3n) is 2.48. The number of morpholine rings is 1. The second-order valence-electron chi connectivity index (χ2n) is 5.37. The average Bonchev–Trinajstić information content (AvgIpc) is 2.34. The first-order valence-electron chi connectivity index (χ1n) is 6.31. The molecular weight excluding hydrogens is 248 g/mol. The number of nitrogens with zero attached hydrogens (tertiary/aromatic N) is 1. The first-order chi connectivity index (χ1) is 8.81. The molecule has 1 fully saturated rings. The normalized spacial score (nSPS) is 19.7. The number of carbonyl (C=O) groups is 2. The number of hydrogen-bond acceptors (Lipinski definition) is 4. The highest BCUT2D eigenvalue weighted by molar-refractivity contribution is 5.86. The Kier molecular flexibility index (Phi) is 5.35. The molecular formula is C13H22N2O4. The number of carbonyl (C=O) groups excluding carboxylic acids is 2. The van der Waals surface area contributed by atoms with Gasteiger partial charge in [0, 0.05) is 13.1 Å². The largest absolute Gasteiger partial charge is 0.444 e. The molecule has 0 radical (unpaired) electrons. The lowest BCUT2D eigenvalue weighted by Crippen LogP contribution is -2.50. The maximum absolute atomic E-state index is 11.9. The SMILES string of the molecule is C=CC(=O)NCC1CN(C(=O)OC(C)(C)C)CCO1. The molecule has 6 nitrogen and oxygen atoms in total. The third kappa shape index (κ3) is 5.74. The molecule has 19 heavy (non-hydrogen) atoms. The van der Waals surface area contributed by atoms with Crippen LogP contribution in [0, 0.1) is 0 Å². The van der Waals surface area contributed by atoms with Crippen molar-refractivity contribution in [3.05, 3.63) is 12.7 Å². The van der Waals surface area contributed by atoms with E-state index in [1.165, 1.54) is 6.08 Å². The summed E-state index contributed by atoms with van der Waals surface area (Å²) < 4.78 is 10.8. The molecule has 0 aliphatic carbocycles. The minimum atomic E-state index is -0.512. The Morgan fingerprint density at radius 1 is 1.53 bits per heavy atom. The summed E-state index contributed by atoms with van der Waals surface area (Å²) in [5.74, 6) is -0.252. The van der Waals surface area contributed by atoms with E-state index in [2.05, 4.69) is 11.9 Å². The lowest BCUT2D eigenvalue weighted by Gasteiger charge is -2.34. The van der Waals surface area contributed by atoms with Crippen LogP contribution in [-0.4, -0.2) is 54.8 Å². The van der Waals surface area contributed by atoms with E-state index in [1.54, 1.807) is 4.90 Å². The van der Waals surface area contributed by atoms with E-state index >= 15 is 0 Å². The minimum absolute atomic E-state index is 0.217. The maximum atomic E-state index is 11.9. The number of rotatable bonds is 3. The van der Waals surface area contributed by atoms with Gasteiger partial charge in [-0.3, -0.25) is 4.79 Å². The molecule has 1 atom stereocenters. The van der Waals surface area contributed by atoms with E-state index in [0.29, 0.717) is 26.2 Å². The molecule has 1 aliphatic heterocycles. The zero-order valence-electron chi connectivity index (χ0n) is 11.8. The van der Waals surface area contributed by atoms with Crippen LogP contribution in [0.5, 0.6) is 0 Å². The van der Waals surface area contributed by atoms with Crippen LogP contribution in [0.25, 0.3) is 0 Å². The van der Waals surface area contributed by atoms with Crippen molar-refractivity contribution in [3.63, 3.8) is 0 Å². The van der Waals surface area contributed by atoms with Crippen molar-refractivity contribution in [2.24, 2.45) is 0 Å². The first kappa shape index (κ1) is 15.5. The van der Waals surface area contributed by atoms with Crippen molar-refractivity contribution in [2.45, 2.75) is 32.5 Å². The van der Waals surface area contributed by atoms with Gasteiger partial charge < -0.3 is 19.7 Å². The van der Waals surface area contributed by atoms with E-state index in [4.69, 9.17) is 9.47 Å². The maximum Gasteiger partial charge on any atom is 0.410 e. The Hall–Kier alpha value is -1.56. The van der Waals surface area contributed by atoms with Gasteiger partial charge >= 0.3 is 6.09 Å². The molecule has 1 heterocycles. The highest BCUT2D eigenvalue weighted by Gasteiger charge is 2.28. The molecule has 2 amide bonds. The van der Waals surface area contributed by atoms with Crippen LogP contribution in [0.1, 0.15) is 20.8 Å². The molecule has 1 unspecified atom stereocenters. The van der Waals surface area contributed by atoms with Crippen LogP contribution in [-0.2, 0) is 14.3 Å². The molecule has 0 bridgehead atoms. The van der Waals surface area contributed by atoms with Crippen molar-refractivity contribution >= 4 is 12.0 Å². The van der Waals surface area contributed by atoms with Crippen molar-refractivity contribution < 1.29 is 19.1 Å². The van der Waals surface area contributed by atoms with E-state index in [0.717, 1.165) is 0 Å². The van der Waals surface area contributed by atoms with Gasteiger partial charge in [-0.05, 0) is 26.8 Å². The summed E-state index contributed by atoms with van der Waals surface area (Å²) >= 11 is 0. The average molecular weight is 270 g/mol. The Bertz CT molecular complexity index is 349. The molecule has 0 aromatic carbocycles. The van der Waals surface area contributed by atoms with Gasteiger partial charge in [-0.15, -0.1) is 0 Å². The smallest absolute Gasteiger partial charge is 0.410 e. The van der Waals surface area contributed by atoms with Crippen molar-refractivity contribution in [3.8, 4) is 0 Å². The van der Waals surface area contributed by atoms with Gasteiger partial charge in [0.1, 0.15) is 5.60 Å². The number of amides is 2. The molecule has 6 heteroatoms. The third-order valence-corrected chi connectivity index (χ3v) is 2.48. The minimum Gasteiger partial charge on any atom is -0.444 e. The van der Waals surface area contributed by atoms with Crippen LogP contribution < -0.4 is 5.32 Å². The Morgan fingerprint density at radius 3 is 2.79 bits per heavy atom. The topological polar surface area (TPSA) is 67.9 Å². The summed E-state index contributed by atoms with van der Waals surface area (Å²) in [4.78, 5) is 24.6. The fraction of sp³-hybridized carbons (Fsp3) is 0.692. The van der Waals surface area contributed by atoms with E-state index in [1.807, 2.05) is 20.8 Å². The van der Waals surface area contributed by atoms with Crippen LogP contribution in [0.15, 0.2) is 12.7 Å². The van der Waals surface area contributed by atoms with Crippen molar-refractivity contribution in [1.82, 2.24) is 10.2 Å². The molecule has 0 aromatic rings. The number of hydrogen-bond donors (Lipinski definition) is 1. The Balaban J connectivity index is 2.43. The standard InChI is InChI=1S/C13H22N2O4/c1-5-11(16)14-8-10-9-15(6-7-18-10)12(17)19-13(2,3)4/h5,10H,1,6-9H2,2-4H3,(H,14,16). The Labute approximate surface area is 113 Å². The molecule has 1 saturated heterocycles. The second-order valence-corrected chi connectivity index (χ2v) is 5.37. The summed E-state index contributed by atoms with van der Waals surface area (Å²) in [7, 11) is 0. The summed E-state index contributed by atoms with van der Waals surface area (Å²) in [6.45, 7) is 10.5. The summed E-state index contributed by atoms with van der Waals surface area (Å²) in [5.41, 5.74) is -0.512. The highest BCUT2D eigenvalue weighted by atomic mass is 16.6. The van der Waals surface area contributed by atoms with Gasteiger partial charge in [-0.1, -0.05) is 6.58 Å². The molecule has 0 saturated carbocycles. The van der Waals surface area contributed by atoms with Gasteiger partial charge in [-0.2, -0.15) is 0 Å². The zero-order valence-corrected chi connectivity index (χ0v) is 11.8. The van der Waals surface area contributed by atoms with Gasteiger partial charge in [-0.25, -0.2) is 4.79 Å². The van der Waals surface area contributed by atoms with E-state index in [9.17, 15) is 9.59 Å². The molecule has 108 valence electrons. The van der Waals surface area contributed by atoms with Crippen LogP contribution in [0.2, 0.25) is 0 Å². The Morgan fingerprint density at radius 2 is 2.21 bits per heavy atom. The molecule has 1 N–H and O–H groups in total. The van der Waals surface area contributed by atoms with E-state index < -0.39 is 5.60 Å². The van der Waals surface area contributed by atoms with E-state index in [-0.39, 0.29) is 18.1 Å². The van der Waals surface area contributed by atoms with Gasteiger partial charge in [0.25, 0.3) is 0 Å². The quantitative estimate of drug-likeness (QED) is 0.774. The summed E-state index contributed by atoms with van der Waals surface area (Å²) in [5, 5.41) is 2.65. The van der Waals surface area contributed by atoms with Crippen molar-refractivity contribution in [2.75, 3.05) is 26.2 Å². The lowest BCUT2D eigenvalue weighted by molar-refractivity contribution is -0.117. The fourth-order valence-electron chi connectivity index (χ4n) is 1.62. The summed E-state index contributed by atoms with van der Waals surface area (Å²) in [6.07, 6.45) is 0.634. The van der Waals surface area contributed by atoms with Crippen LogP contribution >= 0.6 is 0 Å². The molecule has 1 aliphatic rings. The van der Waals surface area contributed by atoms with Crippen LogP contribution in [0.4, 0.5) is 4.79 Å². The molecule has 1 rings (SSSR count). The monoisotopic (exact) mass is 270 g/mol. The zero-order chi connectivity index (χ0) is 14.5. The molecule has 0 aromatic heterocycles. The predicted octanol–water partition coefficient (Wildman–Crippen LogP) is 0.924. The predicted molar refractivity (Wildman–Crippen MR) is 70.8 cm³/mol. The highest BCUT2D eigenvalue weighted by Crippen LogP contribution is 2.12. The number of ether oxygens (including phenoxy) is 2. The first-order valence-corrected chi connectivity index (χ1v) is 6.31. The van der Waals surface area contributed by atoms with Crippen molar-refractivity contribution in [1.29, 1.82) is 0 Å². The second kappa shape index (κ2) is 6.56. The molecule has 0 spiro atoms. The van der Waals surface area contributed by atoms with Gasteiger partial charge in [0.05, 0.1) is 19.3 Å². The lowest BCUT2D eigenvalue weighted by atomic mass is 10.2. The van der Waals surface area contributed by atoms with Gasteiger partial charge in [0.15, 0.2) is 0 Å². The van der Waals surface area contributed by atoms with Crippen LogP contribution in [0.3, 0.4) is 0 Å².